The maximum atomic E-state index is 12.5. The molecule has 2 heterocycles. The third-order valence-electron chi connectivity index (χ3n) is 3.95. The van der Waals surface area contributed by atoms with Crippen molar-refractivity contribution in [3.05, 3.63) is 30.5 Å². The first-order chi connectivity index (χ1) is 9.27. The lowest BCUT2D eigenvalue weighted by Gasteiger charge is -2.26. The summed E-state index contributed by atoms with van der Waals surface area (Å²) in [4.78, 5) is 17.5. The quantitative estimate of drug-likeness (QED) is 0.866. The van der Waals surface area contributed by atoms with E-state index in [-0.39, 0.29) is 11.8 Å². The average Bonchev–Trinajstić information content (AvgIpc) is 2.90. The fourth-order valence-electron chi connectivity index (χ4n) is 2.80. The topological polar surface area (TPSA) is 48.1 Å². The molecule has 4 heteroatoms. The van der Waals surface area contributed by atoms with Gasteiger partial charge in [0.25, 0.3) is 0 Å². The highest BCUT2D eigenvalue weighted by atomic mass is 16.2. The molecule has 1 aromatic heterocycles. The van der Waals surface area contributed by atoms with Gasteiger partial charge in [-0.1, -0.05) is 18.2 Å². The van der Waals surface area contributed by atoms with Gasteiger partial charge in [0, 0.05) is 30.1 Å². The van der Waals surface area contributed by atoms with Crippen LogP contribution >= 0.6 is 0 Å². The molecule has 19 heavy (non-hydrogen) atoms. The molecule has 1 amide bonds. The lowest BCUT2D eigenvalue weighted by Crippen LogP contribution is -2.39. The van der Waals surface area contributed by atoms with Crippen LogP contribution in [0, 0.1) is 5.92 Å². The number of hydrogen-bond acceptors (Lipinski definition) is 2. The second kappa shape index (κ2) is 5.05. The Balaban J connectivity index is 1.86. The highest BCUT2D eigenvalue weighted by molar-refractivity contribution is 6.03. The summed E-state index contributed by atoms with van der Waals surface area (Å²) in [6, 6.07) is 8.08. The van der Waals surface area contributed by atoms with Gasteiger partial charge in [0.2, 0.25) is 5.91 Å². The van der Waals surface area contributed by atoms with Crippen LogP contribution in [0.15, 0.2) is 30.5 Å². The minimum atomic E-state index is 0.153. The molecule has 4 nitrogen and oxygen atoms in total. The molecule has 1 aliphatic heterocycles. The highest BCUT2D eigenvalue weighted by Gasteiger charge is 2.25. The number of nitrogens with one attached hydrogen (secondary N) is 2. The zero-order valence-corrected chi connectivity index (χ0v) is 11.1. The van der Waals surface area contributed by atoms with E-state index >= 15 is 0 Å². The van der Waals surface area contributed by atoms with Crippen LogP contribution in [0.2, 0.25) is 0 Å². The second-order valence-electron chi connectivity index (χ2n) is 5.14. The van der Waals surface area contributed by atoms with E-state index in [1.54, 1.807) is 4.90 Å². The molecule has 0 saturated carbocycles. The first-order valence-corrected chi connectivity index (χ1v) is 6.82. The zero-order valence-electron chi connectivity index (χ0n) is 11.1. The summed E-state index contributed by atoms with van der Waals surface area (Å²) in [5.41, 5.74) is 2.04. The number of para-hydroxylation sites is 1. The molecule has 1 aromatic carbocycles. The van der Waals surface area contributed by atoms with Crippen molar-refractivity contribution in [3.63, 3.8) is 0 Å². The van der Waals surface area contributed by atoms with E-state index < -0.39 is 0 Å². The number of aromatic nitrogens is 1. The van der Waals surface area contributed by atoms with Gasteiger partial charge < -0.3 is 15.2 Å². The standard InChI is InChI=1S/C15H19N3O/c1-18(15(19)11-6-8-16-9-7-11)14-10-17-13-5-3-2-4-12(13)14/h2-5,10-11,16-17H,6-9H2,1H3. The van der Waals surface area contributed by atoms with Crippen LogP contribution in [0.4, 0.5) is 5.69 Å². The first-order valence-electron chi connectivity index (χ1n) is 6.82. The Morgan fingerprint density at radius 1 is 1.26 bits per heavy atom. The second-order valence-corrected chi connectivity index (χ2v) is 5.14. The lowest BCUT2D eigenvalue weighted by atomic mass is 9.96. The fourth-order valence-corrected chi connectivity index (χ4v) is 2.80. The predicted molar refractivity (Wildman–Crippen MR) is 77.3 cm³/mol. The van der Waals surface area contributed by atoms with E-state index in [1.165, 1.54) is 0 Å². The van der Waals surface area contributed by atoms with Gasteiger partial charge in [-0.15, -0.1) is 0 Å². The summed E-state index contributed by atoms with van der Waals surface area (Å²) >= 11 is 0. The molecule has 0 unspecified atom stereocenters. The van der Waals surface area contributed by atoms with Crippen LogP contribution in [0.3, 0.4) is 0 Å². The Hall–Kier alpha value is -1.81. The Morgan fingerprint density at radius 3 is 2.79 bits per heavy atom. The Kier molecular flexibility index (Phi) is 3.25. The van der Waals surface area contributed by atoms with Crippen LogP contribution in [0.5, 0.6) is 0 Å². The van der Waals surface area contributed by atoms with Crippen molar-refractivity contribution in [1.29, 1.82) is 0 Å². The summed E-state index contributed by atoms with van der Waals surface area (Å²) in [6.07, 6.45) is 3.79. The number of benzene rings is 1. The van der Waals surface area contributed by atoms with Crippen molar-refractivity contribution >= 4 is 22.5 Å². The van der Waals surface area contributed by atoms with Gasteiger partial charge >= 0.3 is 0 Å². The zero-order chi connectivity index (χ0) is 13.2. The number of anilines is 1. The van der Waals surface area contributed by atoms with Crippen LogP contribution in [0.1, 0.15) is 12.8 Å². The normalized spacial score (nSPS) is 16.7. The summed E-state index contributed by atoms with van der Waals surface area (Å²) in [6.45, 7) is 1.89. The van der Waals surface area contributed by atoms with Crippen molar-refractivity contribution in [2.45, 2.75) is 12.8 Å². The SMILES string of the molecule is CN(C(=O)C1CCNCC1)c1c[nH]c2ccccc12. The van der Waals surface area contributed by atoms with Crippen molar-refractivity contribution in [1.82, 2.24) is 10.3 Å². The van der Waals surface area contributed by atoms with Gasteiger partial charge in [-0.05, 0) is 32.0 Å². The van der Waals surface area contributed by atoms with Crippen LogP contribution in [0.25, 0.3) is 10.9 Å². The number of rotatable bonds is 2. The molecule has 1 aliphatic rings. The molecule has 1 fully saturated rings. The molecule has 100 valence electrons. The number of carbonyl (C=O) groups is 1. The Bertz CT molecular complexity index is 584. The van der Waals surface area contributed by atoms with Gasteiger partial charge in [-0.2, -0.15) is 0 Å². The monoisotopic (exact) mass is 257 g/mol. The average molecular weight is 257 g/mol. The summed E-state index contributed by atoms with van der Waals surface area (Å²) in [5, 5.41) is 4.40. The number of hydrogen-bond donors (Lipinski definition) is 2. The van der Waals surface area contributed by atoms with E-state index in [1.807, 2.05) is 37.5 Å². The van der Waals surface area contributed by atoms with Crippen LogP contribution in [-0.2, 0) is 4.79 Å². The van der Waals surface area contributed by atoms with E-state index in [9.17, 15) is 4.79 Å². The molecule has 0 radical (unpaired) electrons. The number of H-pyrrole nitrogens is 1. The van der Waals surface area contributed by atoms with Crippen molar-refractivity contribution in [2.75, 3.05) is 25.0 Å². The van der Waals surface area contributed by atoms with Crippen LogP contribution < -0.4 is 10.2 Å². The summed E-state index contributed by atoms with van der Waals surface area (Å²) in [7, 11) is 1.87. The number of amides is 1. The first kappa shape index (κ1) is 12.2. The fraction of sp³-hybridized carbons (Fsp3) is 0.400. The number of fused-ring (bicyclic) bond motifs is 1. The van der Waals surface area contributed by atoms with Crippen molar-refractivity contribution in [3.8, 4) is 0 Å². The molecule has 1 saturated heterocycles. The molecular formula is C15H19N3O. The van der Waals surface area contributed by atoms with Crippen LogP contribution in [-0.4, -0.2) is 31.0 Å². The Morgan fingerprint density at radius 2 is 2.00 bits per heavy atom. The molecule has 0 bridgehead atoms. The van der Waals surface area contributed by atoms with E-state index in [2.05, 4.69) is 10.3 Å². The third kappa shape index (κ3) is 2.24. The van der Waals surface area contributed by atoms with Crippen molar-refractivity contribution in [2.24, 2.45) is 5.92 Å². The predicted octanol–water partition coefficient (Wildman–Crippen LogP) is 2.13. The molecule has 2 N–H and O–H groups in total. The van der Waals surface area contributed by atoms with Gasteiger partial charge in [0.15, 0.2) is 0 Å². The maximum absolute atomic E-state index is 12.5. The lowest BCUT2D eigenvalue weighted by molar-refractivity contribution is -0.122. The number of aromatic amines is 1. The van der Waals surface area contributed by atoms with E-state index in [0.717, 1.165) is 42.5 Å². The molecule has 0 atom stereocenters. The van der Waals surface area contributed by atoms with Gasteiger partial charge in [0.05, 0.1) is 5.69 Å². The maximum Gasteiger partial charge on any atom is 0.229 e. The molecular weight excluding hydrogens is 238 g/mol. The Labute approximate surface area is 112 Å². The van der Waals surface area contributed by atoms with E-state index in [0.29, 0.717) is 0 Å². The largest absolute Gasteiger partial charge is 0.359 e. The van der Waals surface area contributed by atoms with E-state index in [4.69, 9.17) is 0 Å². The minimum absolute atomic E-state index is 0.153. The number of nitrogens with zero attached hydrogens (tertiary/aromatic N) is 1. The third-order valence-corrected chi connectivity index (χ3v) is 3.95. The minimum Gasteiger partial charge on any atom is -0.359 e. The van der Waals surface area contributed by atoms with Crippen molar-refractivity contribution < 1.29 is 4.79 Å². The highest BCUT2D eigenvalue weighted by Crippen LogP contribution is 2.27. The number of piperidine rings is 1. The molecule has 0 spiro atoms. The smallest absolute Gasteiger partial charge is 0.229 e. The summed E-state index contributed by atoms with van der Waals surface area (Å²) in [5.74, 6) is 0.381. The molecule has 2 aromatic rings. The molecule has 0 aliphatic carbocycles. The van der Waals surface area contributed by atoms with Gasteiger partial charge in [-0.25, -0.2) is 0 Å². The summed E-state index contributed by atoms with van der Waals surface area (Å²) < 4.78 is 0. The molecule has 3 rings (SSSR count). The number of carbonyl (C=O) groups excluding carboxylic acids is 1. The van der Waals surface area contributed by atoms with Gasteiger partial charge in [-0.3, -0.25) is 4.79 Å². The van der Waals surface area contributed by atoms with Gasteiger partial charge in [0.1, 0.15) is 0 Å².